The third-order valence-electron chi connectivity index (χ3n) is 4.52. The number of rotatable bonds is 8. The second-order valence-corrected chi connectivity index (χ2v) is 6.45. The van der Waals surface area contributed by atoms with Crippen LogP contribution in [0.3, 0.4) is 0 Å². The Morgan fingerprint density at radius 3 is 1.53 bits per heavy atom. The molecule has 0 atom stereocenters. The molecule has 4 aromatic rings. The van der Waals surface area contributed by atoms with E-state index in [4.69, 9.17) is 9.47 Å². The quantitative estimate of drug-likeness (QED) is 0.406. The van der Waals surface area contributed by atoms with Crippen LogP contribution >= 0.6 is 0 Å². The maximum absolute atomic E-state index is 12.3. The van der Waals surface area contributed by atoms with Crippen LogP contribution in [0.15, 0.2) is 48.5 Å². The number of tetrazole rings is 2. The van der Waals surface area contributed by atoms with Gasteiger partial charge in [-0.15, -0.1) is 10.2 Å². The van der Waals surface area contributed by atoms with E-state index in [1.54, 1.807) is 38.5 Å². The van der Waals surface area contributed by atoms with Crippen molar-refractivity contribution in [3.8, 4) is 22.9 Å². The summed E-state index contributed by atoms with van der Waals surface area (Å²) in [6.07, 6.45) is 0. The molecule has 13 nitrogen and oxygen atoms in total. The zero-order chi connectivity index (χ0) is 22.3. The molecule has 0 saturated heterocycles. The molecule has 164 valence electrons. The lowest BCUT2D eigenvalue weighted by Gasteiger charge is -2.09. The first kappa shape index (κ1) is 20.7. The van der Waals surface area contributed by atoms with Gasteiger partial charge < -0.3 is 20.1 Å². The number of nitrogens with one attached hydrogen (secondary N) is 2. The highest BCUT2D eigenvalue weighted by molar-refractivity contribution is 5.73. The minimum Gasteiger partial charge on any atom is -0.497 e. The highest BCUT2D eigenvalue weighted by atomic mass is 16.5. The van der Waals surface area contributed by atoms with Crippen LogP contribution in [0, 0.1) is 0 Å². The van der Waals surface area contributed by atoms with Gasteiger partial charge in [-0.25, -0.2) is 4.79 Å². The Bertz CT molecular complexity index is 1080. The summed E-state index contributed by atoms with van der Waals surface area (Å²) in [6.45, 7) is 0.239. The molecule has 2 N–H and O–H groups in total. The van der Waals surface area contributed by atoms with Gasteiger partial charge in [0, 0.05) is 0 Å². The Hall–Kier alpha value is -4.55. The van der Waals surface area contributed by atoms with Gasteiger partial charge in [0.25, 0.3) is 0 Å². The lowest BCUT2D eigenvalue weighted by Crippen LogP contribution is -2.36. The first-order chi connectivity index (χ1) is 15.7. The summed E-state index contributed by atoms with van der Waals surface area (Å²) in [7, 11) is 3.19. The SMILES string of the molecule is COc1ccc(-n2nnnc2CNC(=O)NCc2nnnn2-c2ccc(OC)cc2)cc1. The summed E-state index contributed by atoms with van der Waals surface area (Å²) in [4.78, 5) is 12.3. The van der Waals surface area contributed by atoms with Crippen LogP contribution in [-0.2, 0) is 13.1 Å². The van der Waals surface area contributed by atoms with E-state index >= 15 is 0 Å². The van der Waals surface area contributed by atoms with E-state index in [1.807, 2.05) is 24.3 Å². The van der Waals surface area contributed by atoms with Crippen LogP contribution in [0.25, 0.3) is 11.4 Å². The number of carbonyl (C=O) groups excluding carboxylic acids is 1. The molecule has 0 radical (unpaired) electrons. The molecule has 0 fully saturated rings. The summed E-state index contributed by atoms with van der Waals surface area (Å²) < 4.78 is 13.4. The van der Waals surface area contributed by atoms with E-state index in [2.05, 4.69) is 41.7 Å². The fraction of sp³-hybridized carbons (Fsp3) is 0.211. The Morgan fingerprint density at radius 2 is 1.16 bits per heavy atom. The molecule has 0 aliphatic heterocycles. The van der Waals surface area contributed by atoms with Gasteiger partial charge in [0.05, 0.1) is 38.7 Å². The molecule has 2 aromatic carbocycles. The molecule has 0 saturated carbocycles. The molecule has 2 amide bonds. The first-order valence-electron chi connectivity index (χ1n) is 9.53. The first-order valence-corrected chi connectivity index (χ1v) is 9.53. The van der Waals surface area contributed by atoms with Crippen LogP contribution in [0.2, 0.25) is 0 Å². The third kappa shape index (κ3) is 4.61. The van der Waals surface area contributed by atoms with Gasteiger partial charge in [-0.3, -0.25) is 0 Å². The van der Waals surface area contributed by atoms with Crippen LogP contribution < -0.4 is 20.1 Å². The molecule has 0 aliphatic carbocycles. The van der Waals surface area contributed by atoms with E-state index in [9.17, 15) is 4.79 Å². The van der Waals surface area contributed by atoms with Gasteiger partial charge in [0.2, 0.25) is 0 Å². The lowest BCUT2D eigenvalue weighted by molar-refractivity contribution is 0.239. The number of ether oxygens (including phenoxy) is 2. The average molecular weight is 436 g/mol. The number of hydrogen-bond acceptors (Lipinski definition) is 9. The zero-order valence-corrected chi connectivity index (χ0v) is 17.3. The van der Waals surface area contributed by atoms with E-state index in [-0.39, 0.29) is 13.1 Å². The fourth-order valence-corrected chi connectivity index (χ4v) is 2.86. The van der Waals surface area contributed by atoms with Crippen molar-refractivity contribution in [2.75, 3.05) is 14.2 Å². The van der Waals surface area contributed by atoms with Crippen molar-refractivity contribution in [2.24, 2.45) is 0 Å². The van der Waals surface area contributed by atoms with E-state index < -0.39 is 6.03 Å². The normalized spacial score (nSPS) is 10.6. The number of amides is 2. The summed E-state index contributed by atoms with van der Waals surface area (Å²) in [5.41, 5.74) is 1.48. The van der Waals surface area contributed by atoms with Crippen LogP contribution in [-0.4, -0.2) is 60.7 Å². The summed E-state index contributed by atoms with van der Waals surface area (Å²) in [5, 5.41) is 28.7. The zero-order valence-electron chi connectivity index (χ0n) is 17.3. The Morgan fingerprint density at radius 1 is 0.750 bits per heavy atom. The minimum atomic E-state index is -0.418. The van der Waals surface area contributed by atoms with Crippen LogP contribution in [0.1, 0.15) is 11.6 Å². The van der Waals surface area contributed by atoms with Crippen LogP contribution in [0.5, 0.6) is 11.5 Å². The minimum absolute atomic E-state index is 0.119. The van der Waals surface area contributed by atoms with E-state index in [0.29, 0.717) is 11.6 Å². The summed E-state index contributed by atoms with van der Waals surface area (Å²) >= 11 is 0. The molecular weight excluding hydrogens is 416 g/mol. The van der Waals surface area contributed by atoms with Gasteiger partial charge in [-0.1, -0.05) is 0 Å². The van der Waals surface area contributed by atoms with Crippen LogP contribution in [0.4, 0.5) is 4.79 Å². The number of benzene rings is 2. The molecular formula is C19H20N10O3. The van der Waals surface area contributed by atoms with Gasteiger partial charge in [0.15, 0.2) is 11.6 Å². The van der Waals surface area contributed by atoms with Gasteiger partial charge >= 0.3 is 6.03 Å². The third-order valence-corrected chi connectivity index (χ3v) is 4.52. The summed E-state index contributed by atoms with van der Waals surface area (Å²) in [5.74, 6) is 2.37. The maximum Gasteiger partial charge on any atom is 0.315 e. The van der Waals surface area contributed by atoms with Crippen molar-refractivity contribution in [3.63, 3.8) is 0 Å². The van der Waals surface area contributed by atoms with Crippen molar-refractivity contribution >= 4 is 6.03 Å². The molecule has 4 rings (SSSR count). The molecule has 0 aliphatic rings. The summed E-state index contributed by atoms with van der Waals surface area (Å²) in [6, 6.07) is 14.0. The molecule has 13 heteroatoms. The molecule has 0 unspecified atom stereocenters. The Labute approximate surface area is 182 Å². The highest BCUT2D eigenvalue weighted by Crippen LogP contribution is 2.15. The molecule has 0 bridgehead atoms. The predicted octanol–water partition coefficient (Wildman–Crippen LogP) is 0.655. The average Bonchev–Trinajstić information content (AvgIpc) is 3.51. The van der Waals surface area contributed by atoms with E-state index in [0.717, 1.165) is 22.9 Å². The molecule has 2 aromatic heterocycles. The number of aromatic nitrogens is 8. The smallest absolute Gasteiger partial charge is 0.315 e. The second-order valence-electron chi connectivity index (χ2n) is 6.45. The second kappa shape index (κ2) is 9.51. The molecule has 32 heavy (non-hydrogen) atoms. The standard InChI is InChI=1S/C19H20N10O3/c1-31-15-7-3-13(4-8-15)28-17(22-24-26-28)11-20-19(30)21-12-18-23-25-27-29(18)14-5-9-16(32-2)10-6-14/h3-10H,11-12H2,1-2H3,(H2,20,21,30). The van der Waals surface area contributed by atoms with Gasteiger partial charge in [-0.2, -0.15) is 9.36 Å². The number of methoxy groups -OCH3 is 2. The Balaban J connectivity index is 1.34. The number of urea groups is 1. The number of hydrogen-bond donors (Lipinski definition) is 2. The fourth-order valence-electron chi connectivity index (χ4n) is 2.86. The van der Waals surface area contributed by atoms with Crippen molar-refractivity contribution in [1.29, 1.82) is 0 Å². The van der Waals surface area contributed by atoms with Crippen molar-refractivity contribution in [1.82, 2.24) is 51.0 Å². The predicted molar refractivity (Wildman–Crippen MR) is 110 cm³/mol. The molecule has 0 spiro atoms. The highest BCUT2D eigenvalue weighted by Gasteiger charge is 2.12. The Kier molecular flexibility index (Phi) is 6.15. The largest absolute Gasteiger partial charge is 0.497 e. The molecule has 2 heterocycles. The van der Waals surface area contributed by atoms with Crippen molar-refractivity contribution < 1.29 is 14.3 Å². The monoisotopic (exact) mass is 436 g/mol. The van der Waals surface area contributed by atoms with Gasteiger partial charge in [0.1, 0.15) is 11.5 Å². The number of carbonyl (C=O) groups is 1. The number of nitrogens with zero attached hydrogens (tertiary/aromatic N) is 8. The van der Waals surface area contributed by atoms with E-state index in [1.165, 1.54) is 9.36 Å². The maximum atomic E-state index is 12.3. The topological polar surface area (TPSA) is 147 Å². The van der Waals surface area contributed by atoms with Crippen molar-refractivity contribution in [2.45, 2.75) is 13.1 Å². The lowest BCUT2D eigenvalue weighted by atomic mass is 10.3. The van der Waals surface area contributed by atoms with Gasteiger partial charge in [-0.05, 0) is 69.4 Å². The van der Waals surface area contributed by atoms with Crippen molar-refractivity contribution in [3.05, 3.63) is 60.2 Å².